The predicted molar refractivity (Wildman–Crippen MR) is 94.0 cm³/mol. The topological polar surface area (TPSA) is 61.5 Å². The highest BCUT2D eigenvalue weighted by atomic mass is 16.5. The van der Waals surface area contributed by atoms with Crippen LogP contribution in [0, 0.1) is 6.92 Å². The fourth-order valence-corrected chi connectivity index (χ4v) is 2.54. The third kappa shape index (κ3) is 2.89. The van der Waals surface area contributed by atoms with E-state index in [0.717, 1.165) is 22.6 Å². The molecule has 1 aromatic carbocycles. The molecule has 0 fully saturated rings. The Hall–Kier alpha value is -3.41. The van der Waals surface area contributed by atoms with Crippen LogP contribution in [0.25, 0.3) is 16.9 Å². The van der Waals surface area contributed by atoms with E-state index in [0.29, 0.717) is 17.5 Å². The van der Waals surface area contributed by atoms with Crippen molar-refractivity contribution in [3.63, 3.8) is 0 Å². The Morgan fingerprint density at radius 2 is 1.72 bits per heavy atom. The Balaban J connectivity index is 1.71. The summed E-state index contributed by atoms with van der Waals surface area (Å²) in [5, 5.41) is 0. The third-order valence-corrected chi connectivity index (χ3v) is 3.91. The van der Waals surface area contributed by atoms with Crippen LogP contribution in [0.15, 0.2) is 61.1 Å². The van der Waals surface area contributed by atoms with Crippen molar-refractivity contribution in [2.45, 2.75) is 6.92 Å². The number of imidazole rings is 1. The van der Waals surface area contributed by atoms with Crippen LogP contribution in [0.2, 0.25) is 0 Å². The molecular weight excluding hydrogens is 316 g/mol. The molecule has 4 rings (SSSR count). The molecule has 0 aliphatic rings. The first-order valence-corrected chi connectivity index (χ1v) is 7.82. The molecule has 0 saturated heterocycles. The molecule has 0 bridgehead atoms. The van der Waals surface area contributed by atoms with E-state index in [-0.39, 0.29) is 0 Å². The second-order valence-electron chi connectivity index (χ2n) is 5.52. The van der Waals surface area contributed by atoms with Crippen LogP contribution in [-0.2, 0) is 0 Å². The van der Waals surface area contributed by atoms with Crippen LogP contribution in [0.4, 0.5) is 0 Å². The summed E-state index contributed by atoms with van der Waals surface area (Å²) < 4.78 is 12.9. The maximum Gasteiger partial charge on any atom is 0.242 e. The van der Waals surface area contributed by atoms with Crippen LogP contribution >= 0.6 is 0 Å². The summed E-state index contributed by atoms with van der Waals surface area (Å²) in [7, 11) is 1.60. The fraction of sp³-hybridized carbons (Fsp3) is 0.105. The van der Waals surface area contributed by atoms with Crippen molar-refractivity contribution >= 4 is 5.78 Å². The second-order valence-corrected chi connectivity index (χ2v) is 5.52. The molecule has 0 N–H and O–H groups in total. The van der Waals surface area contributed by atoms with Crippen molar-refractivity contribution in [1.82, 2.24) is 19.4 Å². The Kier molecular flexibility index (Phi) is 3.78. The number of aryl methyl sites for hydroxylation is 1. The molecule has 3 aromatic heterocycles. The smallest absolute Gasteiger partial charge is 0.242 e. The SMILES string of the molecule is COc1ccc(-c2cnc3nc(Oc4ccccc4)c(C)n3c2)cn1. The second kappa shape index (κ2) is 6.24. The number of aromatic nitrogens is 4. The zero-order valence-corrected chi connectivity index (χ0v) is 13.9. The van der Waals surface area contributed by atoms with Crippen molar-refractivity contribution in [1.29, 1.82) is 0 Å². The van der Waals surface area contributed by atoms with Gasteiger partial charge >= 0.3 is 0 Å². The largest absolute Gasteiger partial charge is 0.481 e. The Morgan fingerprint density at radius 1 is 0.920 bits per heavy atom. The van der Waals surface area contributed by atoms with Crippen LogP contribution in [0.5, 0.6) is 17.5 Å². The quantitative estimate of drug-likeness (QED) is 0.567. The van der Waals surface area contributed by atoms with Gasteiger partial charge in [0.2, 0.25) is 17.5 Å². The number of benzene rings is 1. The fourth-order valence-electron chi connectivity index (χ4n) is 2.54. The zero-order chi connectivity index (χ0) is 17.2. The highest BCUT2D eigenvalue weighted by Gasteiger charge is 2.12. The van der Waals surface area contributed by atoms with E-state index in [1.165, 1.54) is 0 Å². The monoisotopic (exact) mass is 332 g/mol. The number of para-hydroxylation sites is 1. The van der Waals surface area contributed by atoms with Gasteiger partial charge in [-0.15, -0.1) is 0 Å². The molecular formula is C19H16N4O2. The van der Waals surface area contributed by atoms with E-state index < -0.39 is 0 Å². The number of rotatable bonds is 4. The normalized spacial score (nSPS) is 10.8. The molecule has 6 nitrogen and oxygen atoms in total. The molecule has 0 unspecified atom stereocenters. The van der Waals surface area contributed by atoms with Gasteiger partial charge in [-0.1, -0.05) is 18.2 Å². The van der Waals surface area contributed by atoms with Crippen LogP contribution in [-0.4, -0.2) is 26.5 Å². The van der Waals surface area contributed by atoms with Gasteiger partial charge in [-0.25, -0.2) is 9.97 Å². The number of fused-ring (bicyclic) bond motifs is 1. The van der Waals surface area contributed by atoms with E-state index >= 15 is 0 Å². The highest BCUT2D eigenvalue weighted by molar-refractivity contribution is 5.62. The summed E-state index contributed by atoms with van der Waals surface area (Å²) in [5.74, 6) is 2.46. The van der Waals surface area contributed by atoms with Crippen LogP contribution < -0.4 is 9.47 Å². The molecule has 25 heavy (non-hydrogen) atoms. The van der Waals surface area contributed by atoms with Crippen LogP contribution in [0.1, 0.15) is 5.69 Å². The van der Waals surface area contributed by atoms with E-state index in [4.69, 9.17) is 9.47 Å². The molecule has 0 atom stereocenters. The lowest BCUT2D eigenvalue weighted by molar-refractivity contribution is 0.398. The van der Waals surface area contributed by atoms with E-state index in [2.05, 4.69) is 15.0 Å². The number of ether oxygens (including phenoxy) is 2. The minimum Gasteiger partial charge on any atom is -0.481 e. The maximum atomic E-state index is 5.87. The number of hydrogen-bond donors (Lipinski definition) is 0. The zero-order valence-electron chi connectivity index (χ0n) is 13.9. The minimum atomic E-state index is 0.545. The Morgan fingerprint density at radius 3 is 2.44 bits per heavy atom. The minimum absolute atomic E-state index is 0.545. The van der Waals surface area contributed by atoms with Crippen molar-refractivity contribution in [3.05, 3.63) is 66.7 Å². The Bertz CT molecular complexity index is 1010. The summed E-state index contributed by atoms with van der Waals surface area (Å²) in [5.41, 5.74) is 2.78. The van der Waals surface area contributed by atoms with Crippen molar-refractivity contribution < 1.29 is 9.47 Å². The number of nitrogens with zero attached hydrogens (tertiary/aromatic N) is 4. The first-order valence-electron chi connectivity index (χ1n) is 7.82. The third-order valence-electron chi connectivity index (χ3n) is 3.91. The van der Waals surface area contributed by atoms with Gasteiger partial charge in [-0.2, -0.15) is 4.98 Å². The average Bonchev–Trinajstić information content (AvgIpc) is 2.98. The van der Waals surface area contributed by atoms with Gasteiger partial charge < -0.3 is 9.47 Å². The van der Waals surface area contributed by atoms with Gasteiger partial charge in [0.15, 0.2) is 0 Å². The average molecular weight is 332 g/mol. The molecule has 0 amide bonds. The summed E-state index contributed by atoms with van der Waals surface area (Å²) in [6.07, 6.45) is 5.51. The van der Waals surface area contributed by atoms with Crippen molar-refractivity contribution in [3.8, 4) is 28.6 Å². The first kappa shape index (κ1) is 15.1. The van der Waals surface area contributed by atoms with E-state index in [9.17, 15) is 0 Å². The molecule has 124 valence electrons. The van der Waals surface area contributed by atoms with Gasteiger partial charge in [0.05, 0.1) is 12.8 Å². The summed E-state index contributed by atoms with van der Waals surface area (Å²) in [6, 6.07) is 13.4. The lowest BCUT2D eigenvalue weighted by Gasteiger charge is -2.04. The first-order chi connectivity index (χ1) is 12.2. The van der Waals surface area contributed by atoms with Gasteiger partial charge in [0, 0.05) is 35.8 Å². The molecule has 4 aromatic rings. The number of hydrogen-bond acceptors (Lipinski definition) is 5. The molecule has 0 radical (unpaired) electrons. The van der Waals surface area contributed by atoms with E-state index in [1.54, 1.807) is 19.5 Å². The van der Waals surface area contributed by atoms with Crippen LogP contribution in [0.3, 0.4) is 0 Å². The standard InChI is InChI=1S/C19H16N4O2/c1-13-18(25-16-6-4-3-5-7-16)22-19-21-11-15(12-23(13)19)14-8-9-17(24-2)20-10-14/h3-12H,1-2H3. The summed E-state index contributed by atoms with van der Waals surface area (Å²) >= 11 is 0. The lowest BCUT2D eigenvalue weighted by Crippen LogP contribution is -1.93. The highest BCUT2D eigenvalue weighted by Crippen LogP contribution is 2.26. The summed E-state index contributed by atoms with van der Waals surface area (Å²) in [4.78, 5) is 13.1. The van der Waals surface area contributed by atoms with Crippen molar-refractivity contribution in [2.75, 3.05) is 7.11 Å². The molecule has 0 spiro atoms. The summed E-state index contributed by atoms with van der Waals surface area (Å²) in [6.45, 7) is 1.95. The van der Waals surface area contributed by atoms with E-state index in [1.807, 2.05) is 60.0 Å². The van der Waals surface area contributed by atoms with Gasteiger partial charge in [0.25, 0.3) is 0 Å². The Labute approximate surface area is 144 Å². The number of pyridine rings is 1. The molecule has 0 aliphatic carbocycles. The molecule has 0 saturated carbocycles. The molecule has 6 heteroatoms. The maximum absolute atomic E-state index is 5.87. The molecule has 0 aliphatic heterocycles. The van der Waals surface area contributed by atoms with Gasteiger partial charge in [0.1, 0.15) is 5.75 Å². The van der Waals surface area contributed by atoms with Crippen molar-refractivity contribution in [2.24, 2.45) is 0 Å². The van der Waals surface area contributed by atoms with Gasteiger partial charge in [-0.05, 0) is 25.1 Å². The lowest BCUT2D eigenvalue weighted by atomic mass is 10.1. The molecule has 3 heterocycles. The number of methoxy groups -OCH3 is 1. The van der Waals surface area contributed by atoms with Gasteiger partial charge in [-0.3, -0.25) is 4.40 Å². The predicted octanol–water partition coefficient (Wildman–Crippen LogP) is 3.90.